The van der Waals surface area contributed by atoms with Gasteiger partial charge in [0.2, 0.25) is 11.8 Å². The molecule has 42 heavy (non-hydrogen) atoms. The fraction of sp³-hybridized carbons (Fsp3) is 0.323. The molecule has 0 spiro atoms. The van der Waals surface area contributed by atoms with Gasteiger partial charge in [0.25, 0.3) is 0 Å². The van der Waals surface area contributed by atoms with Crippen LogP contribution in [-0.4, -0.2) is 39.0 Å². The summed E-state index contributed by atoms with van der Waals surface area (Å²) < 4.78 is 15.1. The molecule has 220 valence electrons. The summed E-state index contributed by atoms with van der Waals surface area (Å²) in [6, 6.07) is 23.3. The van der Waals surface area contributed by atoms with Crippen molar-refractivity contribution in [3.05, 3.63) is 89.5 Å². The molecule has 0 unspecified atom stereocenters. The number of unbranched alkanes of at least 4 members (excludes halogenated alkanes) is 1. The molecular weight excluding hydrogens is 574 g/mol. The summed E-state index contributed by atoms with van der Waals surface area (Å²) in [5.41, 5.74) is 5.86. The second-order valence-electron chi connectivity index (χ2n) is 10.0. The number of thiazole rings is 1. The zero-order valence-electron chi connectivity index (χ0n) is 22.9. The van der Waals surface area contributed by atoms with E-state index in [0.29, 0.717) is 30.7 Å². The largest absolute Gasteiger partial charge is 0.392 e. The number of carbonyl (C=O) groups excluding carboxylic acids is 2. The molecule has 3 atom stereocenters. The quantitative estimate of drug-likeness (QED) is 0.0655. The van der Waals surface area contributed by atoms with E-state index < -0.39 is 12.2 Å². The number of anilines is 1. The van der Waals surface area contributed by atoms with E-state index in [2.05, 4.69) is 11.4 Å². The molecule has 1 aromatic heterocycles. The van der Waals surface area contributed by atoms with Gasteiger partial charge < -0.3 is 19.9 Å². The molecule has 0 aliphatic carbocycles. The zero-order valence-corrected chi connectivity index (χ0v) is 24.5. The van der Waals surface area contributed by atoms with E-state index in [4.69, 9.17) is 19.7 Å². The molecule has 5 rings (SSSR count). The minimum atomic E-state index is -0.643. The molecule has 3 aromatic carbocycles. The lowest BCUT2D eigenvalue weighted by molar-refractivity contribution is -0.245. The molecule has 2 heterocycles. The lowest BCUT2D eigenvalue weighted by Crippen LogP contribution is -2.31. The normalized spacial score (nSPS) is 18.6. The van der Waals surface area contributed by atoms with Crippen molar-refractivity contribution in [2.75, 3.05) is 11.1 Å². The van der Waals surface area contributed by atoms with Crippen LogP contribution in [0.15, 0.2) is 77.1 Å². The summed E-state index contributed by atoms with van der Waals surface area (Å²) in [7, 11) is 0. The Morgan fingerprint density at radius 1 is 0.952 bits per heavy atom. The lowest BCUT2D eigenvalue weighted by Gasteiger charge is -2.36. The molecule has 1 aliphatic rings. The van der Waals surface area contributed by atoms with Crippen molar-refractivity contribution in [3.8, 4) is 0 Å². The third-order valence-electron chi connectivity index (χ3n) is 6.91. The Balaban J connectivity index is 1.27. The van der Waals surface area contributed by atoms with Crippen LogP contribution in [0.1, 0.15) is 61.2 Å². The van der Waals surface area contributed by atoms with Gasteiger partial charge in [0.15, 0.2) is 10.6 Å². The summed E-state index contributed by atoms with van der Waals surface area (Å²) in [5, 5.41) is 21.0. The van der Waals surface area contributed by atoms with Gasteiger partial charge in [-0.1, -0.05) is 60.3 Å². The second-order valence-corrected chi connectivity index (χ2v) is 12.3. The molecule has 4 N–H and O–H groups in total. The number of nitrogens with zero attached hydrogens (tertiary/aromatic N) is 1. The number of para-hydroxylation sites is 1. The maximum absolute atomic E-state index is 12.5. The van der Waals surface area contributed by atoms with Crippen LogP contribution in [-0.2, 0) is 25.7 Å². The minimum Gasteiger partial charge on any atom is -0.392 e. The van der Waals surface area contributed by atoms with E-state index in [9.17, 15) is 14.7 Å². The highest BCUT2D eigenvalue weighted by atomic mass is 32.2. The number of rotatable bonds is 12. The van der Waals surface area contributed by atoms with Gasteiger partial charge in [-0.2, -0.15) is 0 Å². The van der Waals surface area contributed by atoms with Gasteiger partial charge in [0.1, 0.15) is 0 Å². The number of hydrogen-bond acceptors (Lipinski definition) is 9. The summed E-state index contributed by atoms with van der Waals surface area (Å²) in [6.45, 7) is -0.0184. The average Bonchev–Trinajstić information content (AvgIpc) is 3.45. The third-order valence-corrected chi connectivity index (χ3v) is 9.22. The SMILES string of the molecule is O=C(CCCCC(=O)Nc1cccc([C@H]2O[C@@H](CSc3nc4ccccc4s3)C[C@@H](c3ccc(CO)cc3)O2)c1)NO. The van der Waals surface area contributed by atoms with Crippen molar-refractivity contribution in [3.63, 3.8) is 0 Å². The number of aromatic nitrogens is 1. The van der Waals surface area contributed by atoms with Crippen LogP contribution in [0.5, 0.6) is 0 Å². The van der Waals surface area contributed by atoms with E-state index in [1.807, 2.05) is 66.7 Å². The summed E-state index contributed by atoms with van der Waals surface area (Å²) in [6.07, 6.45) is 1.14. The average molecular weight is 608 g/mol. The molecule has 4 aromatic rings. The van der Waals surface area contributed by atoms with Crippen molar-refractivity contribution in [2.24, 2.45) is 0 Å². The maximum atomic E-state index is 12.5. The lowest BCUT2D eigenvalue weighted by atomic mass is 10.0. The van der Waals surface area contributed by atoms with Crippen molar-refractivity contribution >= 4 is 50.8 Å². The number of nitrogens with one attached hydrogen (secondary N) is 2. The first-order chi connectivity index (χ1) is 20.5. The number of fused-ring (bicyclic) bond motifs is 1. The van der Waals surface area contributed by atoms with Crippen LogP contribution < -0.4 is 10.8 Å². The van der Waals surface area contributed by atoms with Gasteiger partial charge in [-0.25, -0.2) is 10.5 Å². The topological polar surface area (TPSA) is 130 Å². The number of hydrogen-bond donors (Lipinski definition) is 4. The molecule has 1 fully saturated rings. The molecule has 1 saturated heterocycles. The zero-order chi connectivity index (χ0) is 29.3. The summed E-state index contributed by atoms with van der Waals surface area (Å²) >= 11 is 3.35. The molecular formula is C31H33N3O6S2. The van der Waals surface area contributed by atoms with E-state index in [1.165, 1.54) is 0 Å². The van der Waals surface area contributed by atoms with Gasteiger partial charge >= 0.3 is 0 Å². The first-order valence-corrected chi connectivity index (χ1v) is 15.6. The Hall–Kier alpha value is -3.32. The third kappa shape index (κ3) is 8.15. The van der Waals surface area contributed by atoms with Crippen LogP contribution in [0.25, 0.3) is 10.2 Å². The highest BCUT2D eigenvalue weighted by molar-refractivity contribution is 8.01. The maximum Gasteiger partial charge on any atom is 0.243 e. The molecule has 9 nitrogen and oxygen atoms in total. The smallest absolute Gasteiger partial charge is 0.243 e. The van der Waals surface area contributed by atoms with Crippen LogP contribution >= 0.6 is 23.1 Å². The Kier molecular flexibility index (Phi) is 10.6. The fourth-order valence-corrected chi connectivity index (χ4v) is 6.83. The van der Waals surface area contributed by atoms with Gasteiger partial charge in [0.05, 0.1) is 29.0 Å². The predicted molar refractivity (Wildman–Crippen MR) is 162 cm³/mol. The molecule has 2 amide bonds. The first kappa shape index (κ1) is 30.1. The number of ether oxygens (including phenoxy) is 2. The van der Waals surface area contributed by atoms with Gasteiger partial charge in [0, 0.05) is 36.3 Å². The van der Waals surface area contributed by atoms with Crippen molar-refractivity contribution in [1.82, 2.24) is 10.5 Å². The Labute approximate surface area is 252 Å². The standard InChI is InChI=1S/C31H33N3O6S2/c35-18-20-12-14-21(15-13-20)26-17-24(19-41-31-33-25-8-1-2-9-27(25)42-31)39-30(40-26)22-6-5-7-23(16-22)32-28(36)10-3-4-11-29(37)34-38/h1-2,5-9,12-16,24,26,30,35,38H,3-4,10-11,17-19H2,(H,32,36)(H,34,37)/t24-,26+,30+/m1/s1. The monoisotopic (exact) mass is 607 g/mol. The van der Waals surface area contributed by atoms with Crippen LogP contribution in [0.4, 0.5) is 5.69 Å². The van der Waals surface area contributed by atoms with Gasteiger partial charge in [-0.15, -0.1) is 11.3 Å². The Morgan fingerprint density at radius 2 is 1.74 bits per heavy atom. The number of hydroxylamine groups is 1. The number of thioether (sulfide) groups is 1. The van der Waals surface area contributed by atoms with Crippen molar-refractivity contribution < 1.29 is 29.4 Å². The molecule has 0 radical (unpaired) electrons. The van der Waals surface area contributed by atoms with Gasteiger partial charge in [-0.05, 0) is 48.2 Å². The number of carbonyl (C=O) groups is 2. The number of amides is 2. The fourth-order valence-electron chi connectivity index (χ4n) is 4.71. The molecule has 1 aliphatic heterocycles. The molecule has 0 bridgehead atoms. The van der Waals surface area contributed by atoms with Crippen molar-refractivity contribution in [1.29, 1.82) is 0 Å². The predicted octanol–water partition coefficient (Wildman–Crippen LogP) is 6.13. The summed E-state index contributed by atoms with van der Waals surface area (Å²) in [4.78, 5) is 28.4. The van der Waals surface area contributed by atoms with E-state index in [0.717, 1.165) is 31.2 Å². The number of benzene rings is 3. The van der Waals surface area contributed by atoms with Crippen LogP contribution in [0.2, 0.25) is 0 Å². The Bertz CT molecular complexity index is 1460. The highest BCUT2D eigenvalue weighted by Gasteiger charge is 2.32. The minimum absolute atomic E-state index is 0.0184. The van der Waals surface area contributed by atoms with Crippen LogP contribution in [0, 0.1) is 0 Å². The van der Waals surface area contributed by atoms with E-state index in [1.54, 1.807) is 28.6 Å². The highest BCUT2D eigenvalue weighted by Crippen LogP contribution is 2.40. The molecule has 0 saturated carbocycles. The first-order valence-electron chi connectivity index (χ1n) is 13.8. The van der Waals surface area contributed by atoms with E-state index in [-0.39, 0.29) is 37.6 Å². The van der Waals surface area contributed by atoms with Crippen LogP contribution in [0.3, 0.4) is 0 Å². The number of aliphatic hydroxyl groups is 1. The van der Waals surface area contributed by atoms with Crippen molar-refractivity contribution in [2.45, 2.75) is 61.5 Å². The molecule has 11 heteroatoms. The van der Waals surface area contributed by atoms with Gasteiger partial charge in [-0.3, -0.25) is 14.8 Å². The second kappa shape index (κ2) is 14.7. The number of aliphatic hydroxyl groups excluding tert-OH is 1. The summed E-state index contributed by atoms with van der Waals surface area (Å²) in [5.74, 6) is 0.0827. The Morgan fingerprint density at radius 3 is 2.50 bits per heavy atom. The van der Waals surface area contributed by atoms with E-state index >= 15 is 0 Å².